The number of nitrogens with one attached hydrogen (secondary N) is 1. The molecule has 0 radical (unpaired) electrons. The monoisotopic (exact) mass is 335 g/mol. The SMILES string of the molecule is COc1cccc2c1CCC2Nc1ccc2cc([N+](=O)[O-])ccc2n1. The standard InChI is InChI=1S/C19H17N3O3/c1-25-18-4-2-3-14-15(18)7-9-17(14)21-19-10-5-12-11-13(22(23)24)6-8-16(12)20-19/h2-6,8,10-11,17H,7,9H2,1H3,(H,20,21). The Morgan fingerprint density at radius 2 is 2.12 bits per heavy atom. The Labute approximate surface area is 144 Å². The van der Waals surface area contributed by atoms with Gasteiger partial charge in [-0.05, 0) is 48.2 Å². The fraction of sp³-hybridized carbons (Fsp3) is 0.211. The predicted molar refractivity (Wildman–Crippen MR) is 96.1 cm³/mol. The number of benzene rings is 2. The number of rotatable bonds is 4. The maximum Gasteiger partial charge on any atom is 0.270 e. The molecule has 1 unspecified atom stereocenters. The molecule has 0 bridgehead atoms. The molecule has 1 aliphatic rings. The van der Waals surface area contributed by atoms with Crippen LogP contribution in [0.2, 0.25) is 0 Å². The average Bonchev–Trinajstić information content (AvgIpc) is 3.04. The Bertz CT molecular complexity index is 971. The molecule has 126 valence electrons. The number of fused-ring (bicyclic) bond motifs is 2. The first kappa shape index (κ1) is 15.4. The van der Waals surface area contributed by atoms with Crippen molar-refractivity contribution in [1.29, 1.82) is 0 Å². The summed E-state index contributed by atoms with van der Waals surface area (Å²) in [6.45, 7) is 0. The molecule has 1 heterocycles. The molecule has 1 aromatic heterocycles. The van der Waals surface area contributed by atoms with Crippen LogP contribution in [0.5, 0.6) is 5.75 Å². The van der Waals surface area contributed by atoms with Gasteiger partial charge in [0.1, 0.15) is 11.6 Å². The number of hydrogen-bond donors (Lipinski definition) is 1. The molecule has 0 amide bonds. The normalized spacial score (nSPS) is 15.8. The van der Waals surface area contributed by atoms with Crippen molar-refractivity contribution >= 4 is 22.4 Å². The van der Waals surface area contributed by atoms with E-state index in [1.807, 2.05) is 24.3 Å². The Morgan fingerprint density at radius 3 is 2.92 bits per heavy atom. The van der Waals surface area contributed by atoms with Crippen molar-refractivity contribution in [3.05, 3.63) is 69.8 Å². The molecule has 0 spiro atoms. The molecule has 4 rings (SSSR count). The molecule has 0 saturated carbocycles. The lowest BCUT2D eigenvalue weighted by molar-refractivity contribution is -0.384. The van der Waals surface area contributed by atoms with Gasteiger partial charge in [-0.1, -0.05) is 12.1 Å². The number of hydrogen-bond acceptors (Lipinski definition) is 5. The highest BCUT2D eigenvalue weighted by atomic mass is 16.6. The van der Waals surface area contributed by atoms with Gasteiger partial charge in [0.2, 0.25) is 0 Å². The van der Waals surface area contributed by atoms with Gasteiger partial charge in [-0.2, -0.15) is 0 Å². The van der Waals surface area contributed by atoms with Crippen molar-refractivity contribution in [2.24, 2.45) is 0 Å². The molecule has 25 heavy (non-hydrogen) atoms. The summed E-state index contributed by atoms with van der Waals surface area (Å²) in [5.74, 6) is 1.70. The molecule has 1 aliphatic carbocycles. The highest BCUT2D eigenvalue weighted by Crippen LogP contribution is 2.38. The van der Waals surface area contributed by atoms with Crippen molar-refractivity contribution in [1.82, 2.24) is 4.98 Å². The number of anilines is 1. The number of nitro groups is 1. The van der Waals surface area contributed by atoms with Gasteiger partial charge in [-0.15, -0.1) is 0 Å². The van der Waals surface area contributed by atoms with Crippen molar-refractivity contribution in [2.75, 3.05) is 12.4 Å². The molecule has 0 aliphatic heterocycles. The second kappa shape index (κ2) is 6.05. The number of aromatic nitrogens is 1. The third-order valence-electron chi connectivity index (χ3n) is 4.65. The van der Waals surface area contributed by atoms with Crippen LogP contribution < -0.4 is 10.1 Å². The summed E-state index contributed by atoms with van der Waals surface area (Å²) in [5.41, 5.74) is 3.30. The highest BCUT2D eigenvalue weighted by Gasteiger charge is 2.25. The zero-order valence-electron chi connectivity index (χ0n) is 13.7. The quantitative estimate of drug-likeness (QED) is 0.569. The Hall–Kier alpha value is -3.15. The lowest BCUT2D eigenvalue weighted by Gasteiger charge is -2.15. The van der Waals surface area contributed by atoms with Crippen LogP contribution in [-0.2, 0) is 6.42 Å². The minimum atomic E-state index is -0.394. The summed E-state index contributed by atoms with van der Waals surface area (Å²) in [4.78, 5) is 15.1. The minimum Gasteiger partial charge on any atom is -0.496 e. The molecular weight excluding hydrogens is 318 g/mol. The largest absolute Gasteiger partial charge is 0.496 e. The maximum absolute atomic E-state index is 10.9. The summed E-state index contributed by atoms with van der Waals surface area (Å²) in [7, 11) is 1.69. The van der Waals surface area contributed by atoms with Gasteiger partial charge in [0.15, 0.2) is 0 Å². The van der Waals surface area contributed by atoms with E-state index in [0.717, 1.165) is 35.3 Å². The second-order valence-corrected chi connectivity index (χ2v) is 6.09. The topological polar surface area (TPSA) is 77.3 Å². The Kier molecular flexibility index (Phi) is 3.72. The van der Waals surface area contributed by atoms with Crippen LogP contribution in [-0.4, -0.2) is 17.0 Å². The van der Waals surface area contributed by atoms with Crippen LogP contribution in [0.25, 0.3) is 10.9 Å². The summed E-state index contributed by atoms with van der Waals surface area (Å²) in [5, 5.41) is 15.1. The summed E-state index contributed by atoms with van der Waals surface area (Å²) >= 11 is 0. The zero-order valence-corrected chi connectivity index (χ0v) is 13.7. The number of nitrogens with zero attached hydrogens (tertiary/aromatic N) is 2. The first-order chi connectivity index (χ1) is 12.2. The van der Waals surface area contributed by atoms with E-state index in [1.165, 1.54) is 17.2 Å². The molecule has 1 N–H and O–H groups in total. The summed E-state index contributed by atoms with van der Waals surface area (Å²) in [6, 6.07) is 14.7. The fourth-order valence-electron chi connectivity index (χ4n) is 3.45. The number of pyridine rings is 1. The minimum absolute atomic E-state index is 0.0758. The van der Waals surface area contributed by atoms with E-state index in [1.54, 1.807) is 19.2 Å². The molecule has 0 saturated heterocycles. The van der Waals surface area contributed by atoms with Crippen LogP contribution >= 0.6 is 0 Å². The molecule has 6 nitrogen and oxygen atoms in total. The smallest absolute Gasteiger partial charge is 0.270 e. The summed E-state index contributed by atoms with van der Waals surface area (Å²) < 4.78 is 5.45. The van der Waals surface area contributed by atoms with E-state index >= 15 is 0 Å². The van der Waals surface area contributed by atoms with Crippen molar-refractivity contribution in [3.63, 3.8) is 0 Å². The molecule has 6 heteroatoms. The van der Waals surface area contributed by atoms with Crippen LogP contribution in [0, 0.1) is 10.1 Å². The highest BCUT2D eigenvalue weighted by molar-refractivity contribution is 5.82. The van der Waals surface area contributed by atoms with E-state index in [4.69, 9.17) is 4.74 Å². The lowest BCUT2D eigenvalue weighted by atomic mass is 10.1. The Morgan fingerprint density at radius 1 is 1.24 bits per heavy atom. The second-order valence-electron chi connectivity index (χ2n) is 6.09. The summed E-state index contributed by atoms with van der Waals surface area (Å²) in [6.07, 6.45) is 1.95. The van der Waals surface area contributed by atoms with Gasteiger partial charge in [0.05, 0.1) is 23.6 Å². The van der Waals surface area contributed by atoms with E-state index < -0.39 is 4.92 Å². The number of nitro benzene ring substituents is 1. The molecule has 0 fully saturated rings. The zero-order chi connectivity index (χ0) is 17.4. The van der Waals surface area contributed by atoms with Gasteiger partial charge in [-0.3, -0.25) is 10.1 Å². The van der Waals surface area contributed by atoms with E-state index in [9.17, 15) is 10.1 Å². The Balaban J connectivity index is 1.62. The number of methoxy groups -OCH3 is 1. The van der Waals surface area contributed by atoms with Crippen LogP contribution in [0.1, 0.15) is 23.6 Å². The van der Waals surface area contributed by atoms with E-state index in [-0.39, 0.29) is 11.7 Å². The third kappa shape index (κ3) is 2.76. The molecule has 3 aromatic rings. The van der Waals surface area contributed by atoms with Gasteiger partial charge >= 0.3 is 0 Å². The molecule has 1 atom stereocenters. The number of ether oxygens (including phenoxy) is 1. The third-order valence-corrected chi connectivity index (χ3v) is 4.65. The molecular formula is C19H17N3O3. The first-order valence-corrected chi connectivity index (χ1v) is 8.13. The van der Waals surface area contributed by atoms with Crippen LogP contribution in [0.4, 0.5) is 11.5 Å². The van der Waals surface area contributed by atoms with Crippen molar-refractivity contribution < 1.29 is 9.66 Å². The number of non-ortho nitro benzene ring substituents is 1. The van der Waals surface area contributed by atoms with Gasteiger partial charge in [0.25, 0.3) is 5.69 Å². The van der Waals surface area contributed by atoms with E-state index in [2.05, 4.69) is 16.4 Å². The average molecular weight is 335 g/mol. The van der Waals surface area contributed by atoms with Crippen molar-refractivity contribution in [2.45, 2.75) is 18.9 Å². The van der Waals surface area contributed by atoms with Gasteiger partial charge < -0.3 is 10.1 Å². The van der Waals surface area contributed by atoms with Crippen molar-refractivity contribution in [3.8, 4) is 5.75 Å². The predicted octanol–water partition coefficient (Wildman–Crippen LogP) is 4.25. The molecule has 2 aromatic carbocycles. The van der Waals surface area contributed by atoms with Crippen LogP contribution in [0.15, 0.2) is 48.5 Å². The van der Waals surface area contributed by atoms with Gasteiger partial charge in [0, 0.05) is 17.5 Å². The lowest BCUT2D eigenvalue weighted by Crippen LogP contribution is -2.08. The van der Waals surface area contributed by atoms with Gasteiger partial charge in [-0.25, -0.2) is 4.98 Å². The fourth-order valence-corrected chi connectivity index (χ4v) is 3.45. The van der Waals surface area contributed by atoms with E-state index in [0.29, 0.717) is 0 Å². The maximum atomic E-state index is 10.9. The van der Waals surface area contributed by atoms with Crippen LogP contribution in [0.3, 0.4) is 0 Å². The first-order valence-electron chi connectivity index (χ1n) is 8.13.